The number of urea groups is 1. The second-order valence-electron chi connectivity index (χ2n) is 7.82. The van der Waals surface area contributed by atoms with Crippen molar-refractivity contribution in [3.63, 3.8) is 0 Å². The molecule has 0 bridgehead atoms. The van der Waals surface area contributed by atoms with E-state index in [1.54, 1.807) is 24.3 Å². The molecule has 1 fully saturated rings. The standard InChI is InChI=1S/C22H25ClN4O5S/c1-4-12-22(15-8-6-5-7-9-15)20(29)27(21(30)25-22)14-19(28)24-16-10-11-17(23)18(13-16)33(31,32)26(2)3/h5-11,13H,4,12,14H2,1-3H3,(H,24,28)(H,25,30). The molecule has 1 saturated heterocycles. The molecule has 176 valence electrons. The van der Waals surface area contributed by atoms with E-state index in [4.69, 9.17) is 11.6 Å². The van der Waals surface area contributed by atoms with Crippen LogP contribution in [0.15, 0.2) is 53.4 Å². The van der Waals surface area contributed by atoms with Crippen molar-refractivity contribution in [1.82, 2.24) is 14.5 Å². The van der Waals surface area contributed by atoms with Crippen LogP contribution in [0.4, 0.5) is 10.5 Å². The minimum Gasteiger partial charge on any atom is -0.324 e. The summed E-state index contributed by atoms with van der Waals surface area (Å²) in [5.74, 6) is -1.17. The quantitative estimate of drug-likeness (QED) is 0.550. The number of nitrogens with zero attached hydrogens (tertiary/aromatic N) is 2. The average Bonchev–Trinajstić information content (AvgIpc) is 3.00. The first kappa shape index (κ1) is 24.7. The number of anilines is 1. The lowest BCUT2D eigenvalue weighted by molar-refractivity contribution is -0.134. The first-order valence-corrected chi connectivity index (χ1v) is 12.1. The Labute approximate surface area is 197 Å². The molecule has 2 aromatic carbocycles. The van der Waals surface area contributed by atoms with Crippen LogP contribution in [0.1, 0.15) is 25.3 Å². The van der Waals surface area contributed by atoms with Crippen LogP contribution in [0.5, 0.6) is 0 Å². The number of imide groups is 1. The third kappa shape index (κ3) is 4.73. The summed E-state index contributed by atoms with van der Waals surface area (Å²) < 4.78 is 25.9. The first-order chi connectivity index (χ1) is 15.5. The molecule has 0 aromatic heterocycles. The summed E-state index contributed by atoms with van der Waals surface area (Å²) in [5.41, 5.74) is -0.426. The van der Waals surface area contributed by atoms with Gasteiger partial charge in [0.25, 0.3) is 5.91 Å². The molecule has 2 aromatic rings. The van der Waals surface area contributed by atoms with Crippen molar-refractivity contribution in [3.8, 4) is 0 Å². The number of amides is 4. The lowest BCUT2D eigenvalue weighted by atomic mass is 9.85. The predicted molar refractivity (Wildman–Crippen MR) is 124 cm³/mol. The van der Waals surface area contributed by atoms with Crippen LogP contribution in [0, 0.1) is 0 Å². The lowest BCUT2D eigenvalue weighted by Gasteiger charge is -2.26. The van der Waals surface area contributed by atoms with Crippen LogP contribution in [0.3, 0.4) is 0 Å². The molecule has 0 aliphatic carbocycles. The maximum atomic E-state index is 13.3. The maximum Gasteiger partial charge on any atom is 0.325 e. The fourth-order valence-electron chi connectivity index (χ4n) is 3.70. The summed E-state index contributed by atoms with van der Waals surface area (Å²) in [4.78, 5) is 39.3. The average molecular weight is 493 g/mol. The summed E-state index contributed by atoms with van der Waals surface area (Å²) >= 11 is 6.03. The summed E-state index contributed by atoms with van der Waals surface area (Å²) in [5, 5.41) is 5.29. The van der Waals surface area contributed by atoms with Gasteiger partial charge in [-0.05, 0) is 30.2 Å². The fourth-order valence-corrected chi connectivity index (χ4v) is 5.09. The molecule has 0 saturated carbocycles. The van der Waals surface area contributed by atoms with E-state index < -0.39 is 40.0 Å². The lowest BCUT2D eigenvalue weighted by Crippen LogP contribution is -2.44. The number of rotatable bonds is 8. The van der Waals surface area contributed by atoms with Crippen LogP contribution >= 0.6 is 11.6 Å². The topological polar surface area (TPSA) is 116 Å². The SMILES string of the molecule is CCCC1(c2ccccc2)NC(=O)N(CC(=O)Nc2ccc(Cl)c(S(=O)(=O)N(C)C)c2)C1=O. The Morgan fingerprint density at radius 3 is 2.42 bits per heavy atom. The molecule has 1 unspecified atom stereocenters. The molecular weight excluding hydrogens is 468 g/mol. The van der Waals surface area contributed by atoms with Crippen molar-refractivity contribution in [2.24, 2.45) is 0 Å². The summed E-state index contributed by atoms with van der Waals surface area (Å²) in [7, 11) is -1.11. The van der Waals surface area contributed by atoms with Gasteiger partial charge in [0.15, 0.2) is 0 Å². The monoisotopic (exact) mass is 492 g/mol. The van der Waals surface area contributed by atoms with E-state index in [0.717, 1.165) is 9.21 Å². The number of hydrogen-bond donors (Lipinski definition) is 2. The van der Waals surface area contributed by atoms with Crippen molar-refractivity contribution in [3.05, 3.63) is 59.1 Å². The van der Waals surface area contributed by atoms with E-state index in [2.05, 4.69) is 10.6 Å². The van der Waals surface area contributed by atoms with E-state index in [9.17, 15) is 22.8 Å². The van der Waals surface area contributed by atoms with Crippen LogP contribution in [-0.4, -0.2) is 56.1 Å². The zero-order valence-corrected chi connectivity index (χ0v) is 20.0. The number of sulfonamides is 1. The van der Waals surface area contributed by atoms with Crippen molar-refractivity contribution in [2.45, 2.75) is 30.2 Å². The number of carbonyl (C=O) groups is 3. The summed E-state index contributed by atoms with van der Waals surface area (Å²) in [6, 6.07) is 12.2. The molecule has 9 nitrogen and oxygen atoms in total. The van der Waals surface area contributed by atoms with Crippen LogP contribution in [0.25, 0.3) is 0 Å². The highest BCUT2D eigenvalue weighted by atomic mass is 35.5. The van der Waals surface area contributed by atoms with Crippen molar-refractivity contribution < 1.29 is 22.8 Å². The molecule has 33 heavy (non-hydrogen) atoms. The van der Waals surface area contributed by atoms with Crippen molar-refractivity contribution in [1.29, 1.82) is 0 Å². The minimum absolute atomic E-state index is 0.00278. The number of carbonyl (C=O) groups excluding carboxylic acids is 3. The molecule has 3 rings (SSSR count). The van der Waals surface area contributed by atoms with E-state index in [-0.39, 0.29) is 15.6 Å². The third-order valence-electron chi connectivity index (χ3n) is 5.34. The maximum absolute atomic E-state index is 13.3. The predicted octanol–water partition coefficient (Wildman–Crippen LogP) is 2.78. The Balaban J connectivity index is 1.81. The van der Waals surface area contributed by atoms with Gasteiger partial charge in [-0.15, -0.1) is 0 Å². The molecule has 1 atom stereocenters. The number of halogens is 1. The van der Waals surface area contributed by atoms with Gasteiger partial charge in [0.1, 0.15) is 17.0 Å². The molecule has 0 radical (unpaired) electrons. The summed E-state index contributed by atoms with van der Waals surface area (Å²) in [6.45, 7) is 1.38. The zero-order chi connectivity index (χ0) is 24.4. The molecule has 2 N–H and O–H groups in total. The number of hydrogen-bond acceptors (Lipinski definition) is 5. The largest absolute Gasteiger partial charge is 0.325 e. The van der Waals surface area contributed by atoms with Gasteiger partial charge < -0.3 is 10.6 Å². The Kier molecular flexibility index (Phi) is 7.11. The molecular formula is C22H25ClN4O5S. The summed E-state index contributed by atoms with van der Waals surface area (Å²) in [6.07, 6.45) is 1.01. The van der Waals surface area contributed by atoms with Gasteiger partial charge in [0, 0.05) is 19.8 Å². The number of benzene rings is 2. The zero-order valence-electron chi connectivity index (χ0n) is 18.5. The number of nitrogens with one attached hydrogen (secondary N) is 2. The van der Waals surface area contributed by atoms with E-state index in [1.807, 2.05) is 13.0 Å². The van der Waals surface area contributed by atoms with E-state index in [1.165, 1.54) is 32.3 Å². The highest BCUT2D eigenvalue weighted by molar-refractivity contribution is 7.89. The van der Waals surface area contributed by atoms with Crippen LogP contribution < -0.4 is 10.6 Å². The molecule has 4 amide bonds. The molecule has 1 heterocycles. The second-order valence-corrected chi connectivity index (χ2v) is 10.4. The smallest absolute Gasteiger partial charge is 0.324 e. The van der Waals surface area contributed by atoms with Gasteiger partial charge in [-0.1, -0.05) is 55.3 Å². The van der Waals surface area contributed by atoms with Crippen molar-refractivity contribution >= 4 is 45.2 Å². The Morgan fingerprint density at radius 1 is 1.15 bits per heavy atom. The molecule has 11 heteroatoms. The second kappa shape index (κ2) is 9.50. The van der Waals surface area contributed by atoms with Gasteiger partial charge in [-0.25, -0.2) is 17.5 Å². The molecule has 1 aliphatic rings. The van der Waals surface area contributed by atoms with Crippen LogP contribution in [-0.2, 0) is 25.2 Å². The normalized spacial score (nSPS) is 18.5. The van der Waals surface area contributed by atoms with Gasteiger partial charge >= 0.3 is 6.03 Å². The Bertz CT molecular complexity index is 1190. The van der Waals surface area contributed by atoms with Crippen LogP contribution in [0.2, 0.25) is 5.02 Å². The minimum atomic E-state index is -3.84. The highest BCUT2D eigenvalue weighted by Gasteiger charge is 2.52. The Hall–Kier alpha value is -2.95. The first-order valence-electron chi connectivity index (χ1n) is 10.2. The molecule has 1 aliphatic heterocycles. The fraction of sp³-hybridized carbons (Fsp3) is 0.318. The van der Waals surface area contributed by atoms with Gasteiger partial charge in [0.2, 0.25) is 15.9 Å². The van der Waals surface area contributed by atoms with E-state index in [0.29, 0.717) is 18.4 Å². The Morgan fingerprint density at radius 2 is 1.82 bits per heavy atom. The van der Waals surface area contributed by atoms with E-state index >= 15 is 0 Å². The van der Waals surface area contributed by atoms with Crippen molar-refractivity contribution in [2.75, 3.05) is 26.0 Å². The highest BCUT2D eigenvalue weighted by Crippen LogP contribution is 2.33. The third-order valence-corrected chi connectivity index (χ3v) is 7.64. The van der Waals surface area contributed by atoms with Gasteiger partial charge in [0.05, 0.1) is 5.02 Å². The van der Waals surface area contributed by atoms with Gasteiger partial charge in [-0.2, -0.15) is 0 Å². The molecule has 0 spiro atoms. The van der Waals surface area contributed by atoms with Gasteiger partial charge in [-0.3, -0.25) is 14.5 Å².